The number of amides is 4. The number of benzene rings is 1. The molecule has 208 valence electrons. The number of esters is 1. The Labute approximate surface area is 233 Å². The van der Waals surface area contributed by atoms with Crippen molar-refractivity contribution in [1.82, 2.24) is 4.90 Å². The van der Waals surface area contributed by atoms with Gasteiger partial charge < -0.3 is 24.8 Å². The summed E-state index contributed by atoms with van der Waals surface area (Å²) in [5.74, 6) is -2.45. The minimum absolute atomic E-state index is 0.0106. The minimum atomic E-state index is -1.33. The molecule has 12 nitrogen and oxygen atoms in total. The van der Waals surface area contributed by atoms with Crippen LogP contribution in [0.15, 0.2) is 36.4 Å². The highest BCUT2D eigenvalue weighted by atomic mass is 35.5. The minimum Gasteiger partial charge on any atom is -0.454 e. The quantitative estimate of drug-likeness (QED) is 0.464. The normalized spacial score (nSPS) is 17.7. The Bertz CT molecular complexity index is 1280. The maximum atomic E-state index is 13.2. The molecule has 4 rings (SSSR count). The molecule has 2 saturated heterocycles. The highest BCUT2D eigenvalue weighted by molar-refractivity contribution is 7.18. The van der Waals surface area contributed by atoms with Crippen molar-refractivity contribution in [3.8, 4) is 0 Å². The number of morpholine rings is 1. The zero-order valence-electron chi connectivity index (χ0n) is 21.3. The van der Waals surface area contributed by atoms with E-state index >= 15 is 0 Å². The number of ether oxygens (including phenoxy) is 3. The van der Waals surface area contributed by atoms with Crippen molar-refractivity contribution in [2.45, 2.75) is 25.5 Å². The lowest BCUT2D eigenvalue weighted by atomic mass is 10.1. The van der Waals surface area contributed by atoms with Crippen LogP contribution in [-0.2, 0) is 28.6 Å². The van der Waals surface area contributed by atoms with Crippen molar-refractivity contribution in [2.24, 2.45) is 5.73 Å². The summed E-state index contributed by atoms with van der Waals surface area (Å²) in [7, 11) is 0. The Hall–Kier alpha value is -3.52. The first kappa shape index (κ1) is 28.5. The van der Waals surface area contributed by atoms with Crippen LogP contribution in [-0.4, -0.2) is 85.8 Å². The van der Waals surface area contributed by atoms with Crippen LogP contribution in [0.25, 0.3) is 0 Å². The van der Waals surface area contributed by atoms with E-state index in [1.54, 1.807) is 29.2 Å². The van der Waals surface area contributed by atoms with E-state index in [1.807, 2.05) is 0 Å². The molecule has 2 aromatic rings. The Morgan fingerprint density at radius 1 is 1.13 bits per heavy atom. The Morgan fingerprint density at radius 3 is 2.38 bits per heavy atom. The standard InChI is InChI=1S/C25H27ClN4O8S/c1-25(2,27)23(34)37-14-21(32)30(22(33)18-7-8-19(26)39-18)12-17-11-29(24(35)38-17)16-5-3-15(4-6-16)28-9-10-36-13-20(28)31/h3-8,17H,9-14,27H2,1-2H3. The zero-order valence-corrected chi connectivity index (χ0v) is 22.8. The molecule has 14 heteroatoms. The van der Waals surface area contributed by atoms with Gasteiger partial charge in [-0.05, 0) is 50.2 Å². The molecule has 4 amide bonds. The van der Waals surface area contributed by atoms with Crippen molar-refractivity contribution in [1.29, 1.82) is 0 Å². The van der Waals surface area contributed by atoms with Crippen LogP contribution in [0.2, 0.25) is 4.34 Å². The molecule has 2 aliphatic heterocycles. The molecule has 1 aromatic carbocycles. The number of cyclic esters (lactones) is 1. The second-order valence-electron chi connectivity index (χ2n) is 9.44. The van der Waals surface area contributed by atoms with E-state index in [-0.39, 0.29) is 30.5 Å². The summed E-state index contributed by atoms with van der Waals surface area (Å²) in [5.41, 5.74) is 5.56. The van der Waals surface area contributed by atoms with E-state index in [0.29, 0.717) is 28.9 Å². The maximum absolute atomic E-state index is 13.2. The van der Waals surface area contributed by atoms with Crippen molar-refractivity contribution >= 4 is 64.1 Å². The first-order valence-corrected chi connectivity index (χ1v) is 13.2. The predicted octanol–water partition coefficient (Wildman–Crippen LogP) is 2.04. The van der Waals surface area contributed by atoms with Crippen molar-refractivity contribution < 1.29 is 38.2 Å². The van der Waals surface area contributed by atoms with Gasteiger partial charge in [0.1, 0.15) is 18.2 Å². The van der Waals surface area contributed by atoms with E-state index in [9.17, 15) is 24.0 Å². The number of carbonyl (C=O) groups is 5. The fourth-order valence-electron chi connectivity index (χ4n) is 3.89. The fourth-order valence-corrected chi connectivity index (χ4v) is 4.88. The average Bonchev–Trinajstić information content (AvgIpc) is 3.50. The Balaban J connectivity index is 1.46. The van der Waals surface area contributed by atoms with Crippen LogP contribution < -0.4 is 15.5 Å². The first-order valence-electron chi connectivity index (χ1n) is 12.0. The van der Waals surface area contributed by atoms with Gasteiger partial charge in [-0.2, -0.15) is 0 Å². The Morgan fingerprint density at radius 2 is 1.79 bits per heavy atom. The lowest BCUT2D eigenvalue weighted by Crippen LogP contribution is -2.47. The number of nitrogens with zero attached hydrogens (tertiary/aromatic N) is 3. The van der Waals surface area contributed by atoms with Crippen molar-refractivity contribution in [3.63, 3.8) is 0 Å². The lowest BCUT2D eigenvalue weighted by molar-refractivity contribution is -0.155. The van der Waals surface area contributed by atoms with E-state index in [2.05, 4.69) is 0 Å². The monoisotopic (exact) mass is 578 g/mol. The number of hydrogen-bond donors (Lipinski definition) is 1. The summed E-state index contributed by atoms with van der Waals surface area (Å²) >= 11 is 6.94. The van der Waals surface area contributed by atoms with Crippen molar-refractivity contribution in [3.05, 3.63) is 45.6 Å². The summed E-state index contributed by atoms with van der Waals surface area (Å²) in [6, 6.07) is 9.77. The third-order valence-electron chi connectivity index (χ3n) is 5.90. The zero-order chi connectivity index (χ0) is 28.3. The van der Waals surface area contributed by atoms with Crippen LogP contribution in [0.5, 0.6) is 0 Å². The van der Waals surface area contributed by atoms with Gasteiger partial charge in [-0.1, -0.05) is 11.6 Å². The number of halogens is 1. The second kappa shape index (κ2) is 11.7. The molecule has 0 saturated carbocycles. The van der Waals surface area contributed by atoms with Crippen molar-refractivity contribution in [2.75, 3.05) is 49.3 Å². The molecule has 0 aliphatic carbocycles. The SMILES string of the molecule is CC(C)(N)C(=O)OCC(=O)N(CC1CN(c2ccc(N3CCOCC3=O)cc2)C(=O)O1)C(=O)c1ccc(Cl)s1. The molecule has 2 aliphatic rings. The first-order chi connectivity index (χ1) is 18.4. The molecule has 1 aromatic heterocycles. The van der Waals surface area contributed by atoms with E-state index in [0.717, 1.165) is 16.2 Å². The maximum Gasteiger partial charge on any atom is 0.414 e. The van der Waals surface area contributed by atoms with Crippen LogP contribution in [0.4, 0.5) is 16.2 Å². The van der Waals surface area contributed by atoms with Gasteiger partial charge in [-0.25, -0.2) is 4.79 Å². The summed E-state index contributed by atoms with van der Waals surface area (Å²) in [6.45, 7) is 2.77. The van der Waals surface area contributed by atoms with Gasteiger partial charge in [0, 0.05) is 17.9 Å². The largest absolute Gasteiger partial charge is 0.454 e. The summed E-state index contributed by atoms with van der Waals surface area (Å²) < 4.78 is 16.0. The number of thiophene rings is 1. The van der Waals surface area contributed by atoms with Crippen LogP contribution in [0.1, 0.15) is 23.5 Å². The fraction of sp³-hybridized carbons (Fsp3) is 0.400. The molecule has 0 radical (unpaired) electrons. The molecular formula is C25H27ClN4O8S. The molecule has 1 atom stereocenters. The van der Waals surface area contributed by atoms with Gasteiger partial charge in [-0.3, -0.25) is 29.0 Å². The smallest absolute Gasteiger partial charge is 0.414 e. The van der Waals surface area contributed by atoms with Crippen LogP contribution >= 0.6 is 22.9 Å². The molecule has 3 heterocycles. The van der Waals surface area contributed by atoms with Gasteiger partial charge in [-0.15, -0.1) is 11.3 Å². The molecule has 39 heavy (non-hydrogen) atoms. The van der Waals surface area contributed by atoms with Gasteiger partial charge in [0.05, 0.1) is 28.9 Å². The number of carbonyl (C=O) groups excluding carboxylic acids is 5. The summed E-state index contributed by atoms with van der Waals surface area (Å²) in [4.78, 5) is 67.0. The molecule has 0 bridgehead atoms. The van der Waals surface area contributed by atoms with E-state index in [4.69, 9.17) is 31.5 Å². The topological polar surface area (TPSA) is 149 Å². The van der Waals surface area contributed by atoms with Crippen LogP contribution in [0, 0.1) is 0 Å². The average molecular weight is 579 g/mol. The third kappa shape index (κ3) is 6.74. The second-order valence-corrected chi connectivity index (χ2v) is 11.2. The third-order valence-corrected chi connectivity index (χ3v) is 7.12. The van der Waals surface area contributed by atoms with Gasteiger partial charge in [0.2, 0.25) is 0 Å². The number of imide groups is 1. The predicted molar refractivity (Wildman–Crippen MR) is 142 cm³/mol. The van der Waals surface area contributed by atoms with E-state index < -0.39 is 42.1 Å². The highest BCUT2D eigenvalue weighted by Crippen LogP contribution is 2.27. The van der Waals surface area contributed by atoms with Gasteiger partial charge in [0.15, 0.2) is 6.61 Å². The van der Waals surface area contributed by atoms with Gasteiger partial charge >= 0.3 is 12.1 Å². The Kier molecular flexibility index (Phi) is 8.54. The molecule has 1 unspecified atom stereocenters. The molecule has 2 fully saturated rings. The number of rotatable bonds is 8. The number of hydrogen-bond acceptors (Lipinski definition) is 10. The summed E-state index contributed by atoms with van der Waals surface area (Å²) in [6.07, 6.45) is -1.52. The van der Waals surface area contributed by atoms with Crippen LogP contribution in [0.3, 0.4) is 0 Å². The summed E-state index contributed by atoms with van der Waals surface area (Å²) in [5, 5.41) is 0. The lowest BCUT2D eigenvalue weighted by Gasteiger charge is -2.27. The highest BCUT2D eigenvalue weighted by Gasteiger charge is 2.37. The van der Waals surface area contributed by atoms with Gasteiger partial charge in [0.25, 0.3) is 17.7 Å². The molecule has 0 spiro atoms. The number of nitrogens with two attached hydrogens (primary N) is 1. The molecular weight excluding hydrogens is 552 g/mol. The van der Waals surface area contributed by atoms with E-state index in [1.165, 1.54) is 30.9 Å². The molecule has 2 N–H and O–H groups in total. The number of anilines is 2.